The molecule has 1 N–H and O–H groups in total. The lowest BCUT2D eigenvalue weighted by molar-refractivity contribution is -0.149. The Balaban J connectivity index is 3.89. The topological polar surface area (TPSA) is 68.1 Å². The third kappa shape index (κ3) is 2.56. The minimum Gasteiger partial charge on any atom is -0.411 e. The molecule has 5 heteroatoms. The highest BCUT2D eigenvalue weighted by Crippen LogP contribution is 1.89. The summed E-state index contributed by atoms with van der Waals surface area (Å²) in [6.45, 7) is 0. The number of methoxy groups -OCH3 is 2. The van der Waals surface area contributed by atoms with E-state index < -0.39 is 12.1 Å². The fraction of sp³-hybridized carbons (Fsp3) is 0.600. The summed E-state index contributed by atoms with van der Waals surface area (Å²) < 4.78 is 9.08. The molecule has 0 radical (unpaired) electrons. The summed E-state index contributed by atoms with van der Waals surface area (Å²) in [7, 11) is 2.63. The zero-order valence-electron chi connectivity index (χ0n) is 5.77. The first-order chi connectivity index (χ1) is 4.76. The summed E-state index contributed by atoms with van der Waals surface area (Å²) in [5.41, 5.74) is 0. The van der Waals surface area contributed by atoms with Crippen LogP contribution in [0, 0.1) is 0 Å². The van der Waals surface area contributed by atoms with Gasteiger partial charge in [0.2, 0.25) is 12.1 Å². The lowest BCUT2D eigenvalue weighted by Crippen LogP contribution is -2.25. The number of hydrogen-bond donors (Lipinski definition) is 1. The first-order valence-corrected chi connectivity index (χ1v) is 2.53. The highest BCUT2D eigenvalue weighted by atomic mass is 16.7. The van der Waals surface area contributed by atoms with Gasteiger partial charge in [-0.05, 0) is 0 Å². The van der Waals surface area contributed by atoms with Crippen molar-refractivity contribution in [1.29, 1.82) is 0 Å². The maximum absolute atomic E-state index is 10.6. The lowest BCUT2D eigenvalue weighted by atomic mass is 10.4. The number of carbonyl (C=O) groups excluding carboxylic acids is 1. The van der Waals surface area contributed by atoms with Crippen LogP contribution in [-0.2, 0) is 14.3 Å². The molecule has 0 amide bonds. The molecule has 5 nitrogen and oxygen atoms in total. The zero-order chi connectivity index (χ0) is 7.98. The first kappa shape index (κ1) is 9.06. The van der Waals surface area contributed by atoms with Gasteiger partial charge in [-0.15, -0.1) is 0 Å². The SMILES string of the molecule is COC(OC)C(=O)C=NO. The Bertz CT molecular complexity index is 130. The van der Waals surface area contributed by atoms with Crippen LogP contribution in [0.25, 0.3) is 0 Å². The molecule has 0 rings (SSSR count). The molecule has 10 heavy (non-hydrogen) atoms. The zero-order valence-corrected chi connectivity index (χ0v) is 5.77. The predicted octanol–water partition coefficient (Wildman–Crippen LogP) is -0.366. The van der Waals surface area contributed by atoms with Gasteiger partial charge in [0.05, 0.1) is 0 Å². The number of rotatable bonds is 4. The monoisotopic (exact) mass is 147 g/mol. The second-order valence-electron chi connectivity index (χ2n) is 1.45. The number of ketones is 1. The number of oxime groups is 1. The van der Waals surface area contributed by atoms with Gasteiger partial charge < -0.3 is 14.7 Å². The summed E-state index contributed by atoms with van der Waals surface area (Å²) in [5, 5.41) is 10.4. The summed E-state index contributed by atoms with van der Waals surface area (Å²) in [6.07, 6.45) is -0.256. The van der Waals surface area contributed by atoms with Crippen LogP contribution in [0.15, 0.2) is 5.16 Å². The van der Waals surface area contributed by atoms with Crippen LogP contribution in [-0.4, -0.2) is 37.7 Å². The molecule has 0 unspecified atom stereocenters. The van der Waals surface area contributed by atoms with Gasteiger partial charge in [0, 0.05) is 14.2 Å². The number of nitrogens with zero attached hydrogens (tertiary/aromatic N) is 1. The van der Waals surface area contributed by atoms with Gasteiger partial charge in [-0.25, -0.2) is 0 Å². The van der Waals surface area contributed by atoms with Crippen LogP contribution < -0.4 is 0 Å². The van der Waals surface area contributed by atoms with E-state index in [2.05, 4.69) is 14.6 Å². The van der Waals surface area contributed by atoms with Gasteiger partial charge in [0.25, 0.3) is 0 Å². The van der Waals surface area contributed by atoms with E-state index >= 15 is 0 Å². The number of hydrogen-bond acceptors (Lipinski definition) is 5. The van der Waals surface area contributed by atoms with E-state index in [0.29, 0.717) is 0 Å². The Morgan fingerprint density at radius 1 is 1.60 bits per heavy atom. The average Bonchev–Trinajstić information content (AvgIpc) is 1.91. The molecule has 0 aromatic heterocycles. The molecule has 0 spiro atoms. The maximum Gasteiger partial charge on any atom is 0.233 e. The number of carbonyl (C=O) groups is 1. The minimum atomic E-state index is -0.976. The Morgan fingerprint density at radius 3 is 2.40 bits per heavy atom. The van der Waals surface area contributed by atoms with Crippen molar-refractivity contribution >= 4 is 12.0 Å². The fourth-order valence-electron chi connectivity index (χ4n) is 0.446. The van der Waals surface area contributed by atoms with Crippen molar-refractivity contribution in [3.8, 4) is 0 Å². The third-order valence-corrected chi connectivity index (χ3v) is 0.845. The van der Waals surface area contributed by atoms with Crippen LogP contribution in [0.3, 0.4) is 0 Å². The first-order valence-electron chi connectivity index (χ1n) is 2.53. The van der Waals surface area contributed by atoms with E-state index in [9.17, 15) is 4.79 Å². The minimum absolute atomic E-state index is 0.535. The van der Waals surface area contributed by atoms with Gasteiger partial charge >= 0.3 is 0 Å². The predicted molar refractivity (Wildman–Crippen MR) is 33.1 cm³/mol. The third-order valence-electron chi connectivity index (χ3n) is 0.845. The molecule has 0 aliphatic rings. The Labute approximate surface area is 58.2 Å². The molecule has 0 heterocycles. The molecular formula is C5H9NO4. The van der Waals surface area contributed by atoms with Crippen molar-refractivity contribution in [2.75, 3.05) is 14.2 Å². The normalized spacial score (nSPS) is 11.1. The second-order valence-corrected chi connectivity index (χ2v) is 1.45. The Morgan fingerprint density at radius 2 is 2.10 bits per heavy atom. The lowest BCUT2D eigenvalue weighted by Gasteiger charge is -2.07. The summed E-state index contributed by atoms with van der Waals surface area (Å²) >= 11 is 0. The van der Waals surface area contributed by atoms with Crippen molar-refractivity contribution < 1.29 is 19.5 Å². The standard InChI is InChI=1S/C5H9NO4/c1-9-5(10-2)4(7)3-6-8/h3,5,8H,1-2H3. The molecule has 0 aliphatic carbocycles. The molecule has 0 aliphatic heterocycles. The van der Waals surface area contributed by atoms with Crippen molar-refractivity contribution in [2.24, 2.45) is 5.16 Å². The van der Waals surface area contributed by atoms with Gasteiger partial charge in [-0.2, -0.15) is 0 Å². The van der Waals surface area contributed by atoms with Crippen molar-refractivity contribution in [1.82, 2.24) is 0 Å². The molecule has 0 aromatic rings. The number of Topliss-reactive ketones (excluding diaryl/α,β-unsaturated/α-hetero) is 1. The van der Waals surface area contributed by atoms with E-state index in [1.54, 1.807) is 0 Å². The van der Waals surface area contributed by atoms with E-state index in [-0.39, 0.29) is 0 Å². The van der Waals surface area contributed by atoms with Gasteiger partial charge in [0.1, 0.15) is 6.21 Å². The molecular weight excluding hydrogens is 138 g/mol. The average molecular weight is 147 g/mol. The molecule has 0 bridgehead atoms. The maximum atomic E-state index is 10.6. The largest absolute Gasteiger partial charge is 0.411 e. The van der Waals surface area contributed by atoms with Crippen molar-refractivity contribution in [2.45, 2.75) is 6.29 Å². The van der Waals surface area contributed by atoms with Gasteiger partial charge in [-0.3, -0.25) is 4.79 Å². The van der Waals surface area contributed by atoms with E-state index in [1.807, 2.05) is 0 Å². The fourth-order valence-corrected chi connectivity index (χ4v) is 0.446. The highest BCUT2D eigenvalue weighted by Gasteiger charge is 2.13. The van der Waals surface area contributed by atoms with E-state index in [0.717, 1.165) is 6.21 Å². The van der Waals surface area contributed by atoms with Gasteiger partial charge in [-0.1, -0.05) is 5.16 Å². The van der Waals surface area contributed by atoms with Crippen LogP contribution >= 0.6 is 0 Å². The van der Waals surface area contributed by atoms with Crippen molar-refractivity contribution in [3.63, 3.8) is 0 Å². The highest BCUT2D eigenvalue weighted by molar-refractivity contribution is 6.28. The quantitative estimate of drug-likeness (QED) is 0.255. The second kappa shape index (κ2) is 4.89. The molecule has 58 valence electrons. The molecule has 0 saturated heterocycles. The van der Waals surface area contributed by atoms with Crippen LogP contribution in [0.4, 0.5) is 0 Å². The van der Waals surface area contributed by atoms with Crippen LogP contribution in [0.5, 0.6) is 0 Å². The molecule has 0 fully saturated rings. The Hall–Kier alpha value is -0.940. The molecule has 0 aromatic carbocycles. The molecule has 0 atom stereocenters. The van der Waals surface area contributed by atoms with Crippen LogP contribution in [0.2, 0.25) is 0 Å². The van der Waals surface area contributed by atoms with E-state index in [1.165, 1.54) is 14.2 Å². The smallest absolute Gasteiger partial charge is 0.233 e. The van der Waals surface area contributed by atoms with E-state index in [4.69, 9.17) is 5.21 Å². The summed E-state index contributed by atoms with van der Waals surface area (Å²) in [5.74, 6) is -0.535. The van der Waals surface area contributed by atoms with Gasteiger partial charge in [0.15, 0.2) is 0 Å². The van der Waals surface area contributed by atoms with Crippen LogP contribution in [0.1, 0.15) is 0 Å². The molecule has 0 saturated carbocycles. The summed E-state index contributed by atoms with van der Waals surface area (Å²) in [4.78, 5) is 10.6. The number of ether oxygens (including phenoxy) is 2. The summed E-state index contributed by atoms with van der Waals surface area (Å²) in [6, 6.07) is 0. The Kier molecular flexibility index (Phi) is 4.43. The van der Waals surface area contributed by atoms with Crippen molar-refractivity contribution in [3.05, 3.63) is 0 Å².